The minimum Gasteiger partial charge on any atom is -0.481 e. The summed E-state index contributed by atoms with van der Waals surface area (Å²) in [5, 5.41) is 9.25. The van der Waals surface area contributed by atoms with Crippen LogP contribution in [-0.4, -0.2) is 35.6 Å². The van der Waals surface area contributed by atoms with Gasteiger partial charge in [-0.3, -0.25) is 4.79 Å². The van der Waals surface area contributed by atoms with Crippen molar-refractivity contribution in [1.29, 1.82) is 0 Å². The first kappa shape index (κ1) is 18.4. The number of piperidine rings is 1. The van der Waals surface area contributed by atoms with Gasteiger partial charge in [0.15, 0.2) is 0 Å². The largest absolute Gasteiger partial charge is 0.481 e. The van der Waals surface area contributed by atoms with Gasteiger partial charge in [0.2, 0.25) is 0 Å². The molecular weight excluding hydrogens is 322 g/mol. The zero-order valence-electron chi connectivity index (χ0n) is 15.4. The van der Waals surface area contributed by atoms with E-state index >= 15 is 0 Å². The molecule has 3 rings (SSSR count). The molecule has 1 saturated heterocycles. The topological polar surface area (TPSA) is 40.5 Å². The van der Waals surface area contributed by atoms with E-state index < -0.39 is 5.97 Å². The van der Waals surface area contributed by atoms with Crippen molar-refractivity contribution in [2.45, 2.75) is 26.2 Å². The lowest BCUT2D eigenvalue weighted by Gasteiger charge is -2.30. The van der Waals surface area contributed by atoms with Crippen molar-refractivity contribution in [3.05, 3.63) is 77.4 Å². The Hall–Kier alpha value is -2.39. The Kier molecular flexibility index (Phi) is 6.24. The van der Waals surface area contributed by atoms with Crippen LogP contribution in [0.5, 0.6) is 0 Å². The second-order valence-electron chi connectivity index (χ2n) is 7.12. The highest BCUT2D eigenvalue weighted by atomic mass is 16.4. The van der Waals surface area contributed by atoms with Crippen molar-refractivity contribution in [1.82, 2.24) is 4.90 Å². The fraction of sp³-hybridized carbons (Fsp3) is 0.348. The van der Waals surface area contributed by atoms with Crippen LogP contribution in [0, 0.1) is 12.8 Å². The van der Waals surface area contributed by atoms with Crippen LogP contribution in [-0.2, 0) is 4.79 Å². The zero-order chi connectivity index (χ0) is 18.4. The summed E-state index contributed by atoms with van der Waals surface area (Å²) in [6, 6.07) is 19.1. The van der Waals surface area contributed by atoms with E-state index in [1.165, 1.54) is 22.3 Å². The molecule has 3 heteroatoms. The number of rotatable bonds is 6. The van der Waals surface area contributed by atoms with Gasteiger partial charge in [-0.1, -0.05) is 66.2 Å². The van der Waals surface area contributed by atoms with Gasteiger partial charge in [0, 0.05) is 13.1 Å². The molecule has 2 aromatic rings. The number of hydrogen-bond acceptors (Lipinski definition) is 2. The first-order chi connectivity index (χ1) is 12.6. The van der Waals surface area contributed by atoms with E-state index in [1.54, 1.807) is 0 Å². The van der Waals surface area contributed by atoms with Crippen molar-refractivity contribution in [3.8, 4) is 0 Å². The van der Waals surface area contributed by atoms with Gasteiger partial charge in [-0.05, 0) is 49.4 Å². The lowest BCUT2D eigenvalue weighted by atomic mass is 9.95. The highest BCUT2D eigenvalue weighted by Gasteiger charge is 2.24. The molecule has 1 N–H and O–H groups in total. The Balaban J connectivity index is 1.73. The molecule has 0 aromatic heterocycles. The van der Waals surface area contributed by atoms with Crippen molar-refractivity contribution in [2.24, 2.45) is 5.92 Å². The smallest absolute Gasteiger partial charge is 0.307 e. The van der Waals surface area contributed by atoms with E-state index in [0.717, 1.165) is 32.4 Å². The summed E-state index contributed by atoms with van der Waals surface area (Å²) in [4.78, 5) is 13.5. The third-order valence-electron chi connectivity index (χ3n) is 5.10. The van der Waals surface area contributed by atoms with E-state index in [9.17, 15) is 9.90 Å². The molecule has 0 amide bonds. The number of nitrogens with zero attached hydrogens (tertiary/aromatic N) is 1. The molecule has 136 valence electrons. The summed E-state index contributed by atoms with van der Waals surface area (Å²) in [6.45, 7) is 4.69. The molecule has 0 radical (unpaired) electrons. The molecule has 1 unspecified atom stereocenters. The van der Waals surface area contributed by atoms with Gasteiger partial charge in [-0.25, -0.2) is 0 Å². The van der Waals surface area contributed by atoms with Crippen LogP contribution in [0.1, 0.15) is 36.0 Å². The monoisotopic (exact) mass is 349 g/mol. The summed E-state index contributed by atoms with van der Waals surface area (Å²) in [6.07, 6.45) is 5.00. The third kappa shape index (κ3) is 4.83. The Labute approximate surface area is 156 Å². The predicted octanol–water partition coefficient (Wildman–Crippen LogP) is 4.61. The van der Waals surface area contributed by atoms with E-state index in [2.05, 4.69) is 66.4 Å². The fourth-order valence-electron chi connectivity index (χ4n) is 3.60. The van der Waals surface area contributed by atoms with Gasteiger partial charge in [-0.15, -0.1) is 0 Å². The van der Waals surface area contributed by atoms with Crippen LogP contribution < -0.4 is 0 Å². The minimum atomic E-state index is -0.658. The van der Waals surface area contributed by atoms with Crippen LogP contribution in [0.25, 0.3) is 5.57 Å². The Morgan fingerprint density at radius 2 is 1.81 bits per heavy atom. The maximum absolute atomic E-state index is 11.2. The molecule has 3 nitrogen and oxygen atoms in total. The molecule has 2 aromatic carbocycles. The number of carboxylic acids is 1. The second kappa shape index (κ2) is 8.81. The van der Waals surface area contributed by atoms with Gasteiger partial charge in [0.1, 0.15) is 0 Å². The average Bonchev–Trinajstić information content (AvgIpc) is 2.67. The van der Waals surface area contributed by atoms with Gasteiger partial charge >= 0.3 is 5.97 Å². The predicted molar refractivity (Wildman–Crippen MR) is 106 cm³/mol. The Morgan fingerprint density at radius 1 is 1.12 bits per heavy atom. The van der Waals surface area contributed by atoms with Crippen LogP contribution in [0.2, 0.25) is 0 Å². The molecule has 0 saturated carbocycles. The summed E-state index contributed by atoms with van der Waals surface area (Å²) in [5.74, 6) is -0.867. The lowest BCUT2D eigenvalue weighted by Crippen LogP contribution is -2.39. The molecular formula is C23H27NO2. The number of carboxylic acid groups (broad SMARTS) is 1. The second-order valence-corrected chi connectivity index (χ2v) is 7.12. The van der Waals surface area contributed by atoms with E-state index in [0.29, 0.717) is 6.54 Å². The van der Waals surface area contributed by atoms with Gasteiger partial charge < -0.3 is 10.0 Å². The van der Waals surface area contributed by atoms with Gasteiger partial charge in [0.25, 0.3) is 0 Å². The van der Waals surface area contributed by atoms with Gasteiger partial charge in [0.05, 0.1) is 5.92 Å². The molecule has 26 heavy (non-hydrogen) atoms. The van der Waals surface area contributed by atoms with Crippen LogP contribution >= 0.6 is 0 Å². The normalized spacial score (nSPS) is 18.7. The SMILES string of the molecule is Cc1ccc(C(=CCCN2CCCC(C(=O)O)C2)c2ccccc2)cc1. The molecule has 1 fully saturated rings. The number of carbonyl (C=O) groups is 1. The highest BCUT2D eigenvalue weighted by Crippen LogP contribution is 2.25. The van der Waals surface area contributed by atoms with Crippen molar-refractivity contribution in [3.63, 3.8) is 0 Å². The number of likely N-dealkylation sites (tertiary alicyclic amines) is 1. The number of aryl methyl sites for hydroxylation is 1. The number of benzene rings is 2. The zero-order valence-corrected chi connectivity index (χ0v) is 15.4. The summed E-state index contributed by atoms with van der Waals surface area (Å²) in [7, 11) is 0. The highest BCUT2D eigenvalue weighted by molar-refractivity contribution is 5.79. The summed E-state index contributed by atoms with van der Waals surface area (Å²) in [5.41, 5.74) is 4.95. The Morgan fingerprint density at radius 3 is 2.50 bits per heavy atom. The minimum absolute atomic E-state index is 0.210. The molecule has 0 spiro atoms. The van der Waals surface area contributed by atoms with Crippen molar-refractivity contribution >= 4 is 11.5 Å². The number of hydrogen-bond donors (Lipinski definition) is 1. The average molecular weight is 349 g/mol. The van der Waals surface area contributed by atoms with E-state index in [-0.39, 0.29) is 5.92 Å². The molecule has 1 heterocycles. The molecule has 1 atom stereocenters. The standard InChI is InChI=1S/C23H27NO2/c1-18-11-13-20(14-12-18)22(19-7-3-2-4-8-19)10-6-16-24-15-5-9-21(17-24)23(25)26/h2-4,7-8,10-14,21H,5-6,9,15-17H2,1H3,(H,25,26). The summed E-state index contributed by atoms with van der Waals surface area (Å²) >= 11 is 0. The molecule has 1 aliphatic rings. The molecule has 0 aliphatic carbocycles. The number of aliphatic carboxylic acids is 1. The van der Waals surface area contributed by atoms with E-state index in [1.807, 2.05) is 6.07 Å². The lowest BCUT2D eigenvalue weighted by molar-refractivity contribution is -0.143. The fourth-order valence-corrected chi connectivity index (χ4v) is 3.60. The quantitative estimate of drug-likeness (QED) is 0.828. The first-order valence-corrected chi connectivity index (χ1v) is 9.41. The first-order valence-electron chi connectivity index (χ1n) is 9.41. The van der Waals surface area contributed by atoms with Crippen LogP contribution in [0.3, 0.4) is 0 Å². The Bertz CT molecular complexity index is 750. The van der Waals surface area contributed by atoms with Crippen LogP contribution in [0.15, 0.2) is 60.7 Å². The van der Waals surface area contributed by atoms with Crippen molar-refractivity contribution < 1.29 is 9.90 Å². The third-order valence-corrected chi connectivity index (χ3v) is 5.10. The van der Waals surface area contributed by atoms with Gasteiger partial charge in [-0.2, -0.15) is 0 Å². The molecule has 1 aliphatic heterocycles. The van der Waals surface area contributed by atoms with Crippen LogP contribution in [0.4, 0.5) is 0 Å². The maximum atomic E-state index is 11.2. The molecule has 0 bridgehead atoms. The van der Waals surface area contributed by atoms with E-state index in [4.69, 9.17) is 0 Å². The van der Waals surface area contributed by atoms with Crippen molar-refractivity contribution in [2.75, 3.05) is 19.6 Å². The summed E-state index contributed by atoms with van der Waals surface area (Å²) < 4.78 is 0. The maximum Gasteiger partial charge on any atom is 0.307 e.